The van der Waals surface area contributed by atoms with E-state index >= 15 is 0 Å². The summed E-state index contributed by atoms with van der Waals surface area (Å²) in [4.78, 5) is 16.4. The first-order valence-corrected chi connectivity index (χ1v) is 7.40. The summed E-state index contributed by atoms with van der Waals surface area (Å²) < 4.78 is 3.15. The maximum atomic E-state index is 11.8. The normalized spacial score (nSPS) is 17.6. The molecule has 2 aromatic rings. The minimum atomic E-state index is -0.312. The SMILES string of the molecule is CCc1nc2n(n1)CCCC2Nc1cnn(C)c(=O)c1Cl. The molecule has 1 unspecified atom stereocenters. The van der Waals surface area contributed by atoms with Crippen LogP contribution in [0.1, 0.15) is 37.5 Å². The largest absolute Gasteiger partial charge is 0.372 e. The van der Waals surface area contributed by atoms with E-state index in [0.717, 1.165) is 37.5 Å². The quantitative estimate of drug-likeness (QED) is 0.930. The van der Waals surface area contributed by atoms with E-state index in [1.54, 1.807) is 13.2 Å². The highest BCUT2D eigenvalue weighted by atomic mass is 35.5. The van der Waals surface area contributed by atoms with Crippen molar-refractivity contribution in [2.45, 2.75) is 38.8 Å². The fourth-order valence-electron chi connectivity index (χ4n) is 2.49. The summed E-state index contributed by atoms with van der Waals surface area (Å²) in [5.74, 6) is 1.74. The first kappa shape index (κ1) is 14.1. The molecule has 3 rings (SSSR count). The number of rotatable bonds is 3. The molecule has 8 heteroatoms. The molecule has 2 aromatic heterocycles. The van der Waals surface area contributed by atoms with Crippen LogP contribution in [0.15, 0.2) is 11.0 Å². The predicted octanol–water partition coefficient (Wildman–Crippen LogP) is 1.53. The molecule has 1 aliphatic heterocycles. The van der Waals surface area contributed by atoms with Crippen LogP contribution in [0.3, 0.4) is 0 Å². The number of nitrogens with zero attached hydrogens (tertiary/aromatic N) is 5. The van der Waals surface area contributed by atoms with Gasteiger partial charge in [-0.1, -0.05) is 18.5 Å². The second kappa shape index (κ2) is 5.48. The van der Waals surface area contributed by atoms with Crippen molar-refractivity contribution in [1.82, 2.24) is 24.5 Å². The lowest BCUT2D eigenvalue weighted by Crippen LogP contribution is -2.25. The van der Waals surface area contributed by atoms with Crippen molar-refractivity contribution in [1.29, 1.82) is 0 Å². The third kappa shape index (κ3) is 2.53. The minimum absolute atomic E-state index is 0.00189. The standard InChI is InChI=1S/C13H17ClN6O/c1-3-10-17-12-8(5-4-6-20(12)18-10)16-9-7-15-19(2)13(21)11(9)14/h7-8,16H,3-6H2,1-2H3. The number of aryl methyl sites for hydroxylation is 3. The van der Waals surface area contributed by atoms with Crippen LogP contribution in [0.25, 0.3) is 0 Å². The summed E-state index contributed by atoms with van der Waals surface area (Å²) in [5, 5.41) is 11.9. The molecule has 112 valence electrons. The molecule has 0 bridgehead atoms. The highest BCUT2D eigenvalue weighted by Crippen LogP contribution is 2.28. The molecule has 1 N–H and O–H groups in total. The van der Waals surface area contributed by atoms with E-state index in [-0.39, 0.29) is 16.6 Å². The Labute approximate surface area is 126 Å². The van der Waals surface area contributed by atoms with E-state index in [2.05, 4.69) is 20.5 Å². The van der Waals surface area contributed by atoms with Gasteiger partial charge in [-0.3, -0.25) is 4.79 Å². The second-order valence-electron chi connectivity index (χ2n) is 5.10. The minimum Gasteiger partial charge on any atom is -0.372 e. The summed E-state index contributed by atoms with van der Waals surface area (Å²) in [7, 11) is 1.57. The Kier molecular flexibility index (Phi) is 3.67. The van der Waals surface area contributed by atoms with Crippen molar-refractivity contribution >= 4 is 17.3 Å². The third-order valence-corrected chi connectivity index (χ3v) is 4.01. The lowest BCUT2D eigenvalue weighted by atomic mass is 10.1. The Morgan fingerprint density at radius 1 is 1.52 bits per heavy atom. The van der Waals surface area contributed by atoms with Crippen LogP contribution in [0.2, 0.25) is 5.02 Å². The second-order valence-corrected chi connectivity index (χ2v) is 5.48. The molecule has 0 aromatic carbocycles. The van der Waals surface area contributed by atoms with E-state index in [9.17, 15) is 4.79 Å². The number of hydrogen-bond acceptors (Lipinski definition) is 5. The van der Waals surface area contributed by atoms with Crippen LogP contribution in [0, 0.1) is 0 Å². The van der Waals surface area contributed by atoms with Crippen molar-refractivity contribution in [3.63, 3.8) is 0 Å². The molecule has 0 fully saturated rings. The topological polar surface area (TPSA) is 77.6 Å². The number of anilines is 1. The zero-order chi connectivity index (χ0) is 15.0. The summed E-state index contributed by atoms with van der Waals surface area (Å²) in [5.41, 5.74) is 0.229. The Bertz CT molecular complexity index is 722. The van der Waals surface area contributed by atoms with Gasteiger partial charge >= 0.3 is 0 Å². The number of aromatic nitrogens is 5. The fraction of sp³-hybridized carbons (Fsp3) is 0.538. The van der Waals surface area contributed by atoms with Gasteiger partial charge in [0.1, 0.15) is 10.8 Å². The molecule has 3 heterocycles. The molecule has 0 spiro atoms. The molecule has 0 amide bonds. The first-order chi connectivity index (χ1) is 10.1. The van der Waals surface area contributed by atoms with Gasteiger partial charge in [0.15, 0.2) is 5.82 Å². The molecule has 21 heavy (non-hydrogen) atoms. The average Bonchev–Trinajstić information content (AvgIpc) is 2.92. The summed E-state index contributed by atoms with van der Waals surface area (Å²) >= 11 is 6.10. The molecule has 0 radical (unpaired) electrons. The van der Waals surface area contributed by atoms with Gasteiger partial charge in [-0.05, 0) is 12.8 Å². The van der Waals surface area contributed by atoms with Gasteiger partial charge in [0.2, 0.25) is 0 Å². The zero-order valence-electron chi connectivity index (χ0n) is 12.0. The third-order valence-electron chi connectivity index (χ3n) is 3.64. The average molecular weight is 309 g/mol. The van der Waals surface area contributed by atoms with Gasteiger partial charge in [0.05, 0.1) is 17.9 Å². The Hall–Kier alpha value is -1.89. The summed E-state index contributed by atoms with van der Waals surface area (Å²) in [6, 6.07) is -0.00189. The molecular formula is C13H17ClN6O. The van der Waals surface area contributed by atoms with Crippen molar-refractivity contribution in [3.05, 3.63) is 33.2 Å². The van der Waals surface area contributed by atoms with Crippen LogP contribution in [-0.4, -0.2) is 24.5 Å². The van der Waals surface area contributed by atoms with Gasteiger partial charge in [-0.25, -0.2) is 14.3 Å². The number of hydrogen-bond donors (Lipinski definition) is 1. The van der Waals surface area contributed by atoms with Crippen LogP contribution < -0.4 is 10.9 Å². The van der Waals surface area contributed by atoms with Crippen molar-refractivity contribution in [2.75, 3.05) is 5.32 Å². The van der Waals surface area contributed by atoms with E-state index in [1.165, 1.54) is 4.68 Å². The lowest BCUT2D eigenvalue weighted by molar-refractivity contribution is 0.437. The lowest BCUT2D eigenvalue weighted by Gasteiger charge is -2.24. The smallest absolute Gasteiger partial charge is 0.287 e. The van der Waals surface area contributed by atoms with Gasteiger partial charge in [-0.2, -0.15) is 10.2 Å². The van der Waals surface area contributed by atoms with Crippen molar-refractivity contribution in [2.24, 2.45) is 7.05 Å². The van der Waals surface area contributed by atoms with E-state index in [1.807, 2.05) is 11.6 Å². The van der Waals surface area contributed by atoms with Crippen LogP contribution in [0.5, 0.6) is 0 Å². The molecule has 0 aliphatic carbocycles. The van der Waals surface area contributed by atoms with Gasteiger partial charge in [0, 0.05) is 20.0 Å². The van der Waals surface area contributed by atoms with Crippen LogP contribution in [-0.2, 0) is 20.0 Å². The molecule has 1 atom stereocenters. The number of fused-ring (bicyclic) bond motifs is 1. The molecule has 0 saturated carbocycles. The molecular weight excluding hydrogens is 292 g/mol. The first-order valence-electron chi connectivity index (χ1n) is 7.02. The molecule has 7 nitrogen and oxygen atoms in total. The Morgan fingerprint density at radius 3 is 3.10 bits per heavy atom. The maximum absolute atomic E-state index is 11.8. The zero-order valence-corrected chi connectivity index (χ0v) is 12.8. The highest BCUT2D eigenvalue weighted by Gasteiger charge is 2.25. The van der Waals surface area contributed by atoms with Crippen molar-refractivity contribution in [3.8, 4) is 0 Å². The monoisotopic (exact) mass is 308 g/mol. The van der Waals surface area contributed by atoms with Crippen molar-refractivity contribution < 1.29 is 0 Å². The Morgan fingerprint density at radius 2 is 2.33 bits per heavy atom. The van der Waals surface area contributed by atoms with E-state index in [0.29, 0.717) is 5.69 Å². The Balaban J connectivity index is 1.92. The summed E-state index contributed by atoms with van der Waals surface area (Å²) in [6.07, 6.45) is 4.31. The molecule has 1 aliphatic rings. The van der Waals surface area contributed by atoms with E-state index in [4.69, 9.17) is 11.6 Å². The fourth-order valence-corrected chi connectivity index (χ4v) is 2.71. The van der Waals surface area contributed by atoms with Gasteiger partial charge < -0.3 is 5.32 Å². The predicted molar refractivity (Wildman–Crippen MR) is 79.5 cm³/mol. The highest BCUT2D eigenvalue weighted by molar-refractivity contribution is 6.32. The molecule has 0 saturated heterocycles. The van der Waals surface area contributed by atoms with Crippen LogP contribution >= 0.6 is 11.6 Å². The summed E-state index contributed by atoms with van der Waals surface area (Å²) in [6.45, 7) is 2.91. The maximum Gasteiger partial charge on any atom is 0.287 e. The number of nitrogens with one attached hydrogen (secondary N) is 1. The number of halogens is 1. The van der Waals surface area contributed by atoms with Crippen LogP contribution in [0.4, 0.5) is 5.69 Å². The van der Waals surface area contributed by atoms with Gasteiger partial charge in [-0.15, -0.1) is 0 Å². The van der Waals surface area contributed by atoms with Gasteiger partial charge in [0.25, 0.3) is 5.56 Å². The van der Waals surface area contributed by atoms with E-state index < -0.39 is 0 Å².